The van der Waals surface area contributed by atoms with Crippen LogP contribution >= 0.6 is 11.3 Å². The maximum Gasteiger partial charge on any atom is 0.349 e. The molecule has 21 heavy (non-hydrogen) atoms. The van der Waals surface area contributed by atoms with Crippen molar-refractivity contribution >= 4 is 29.2 Å². The van der Waals surface area contributed by atoms with Gasteiger partial charge in [-0.05, 0) is 18.9 Å². The Hall–Kier alpha value is -2.09. The second-order valence-electron chi connectivity index (χ2n) is 4.80. The molecule has 3 N–H and O–H groups in total. The Balaban J connectivity index is 2.46. The first-order valence-corrected chi connectivity index (χ1v) is 7.15. The lowest BCUT2D eigenvalue weighted by molar-refractivity contribution is -0.122. The lowest BCUT2D eigenvalue weighted by Crippen LogP contribution is -2.42. The number of hydrogen-bond donors (Lipinski definition) is 3. The number of ether oxygens (including phenoxy) is 1. The number of carboxylic acids is 1. The molecule has 1 rings (SSSR count). The van der Waals surface area contributed by atoms with Crippen LogP contribution in [0.4, 0.5) is 4.79 Å². The minimum absolute atomic E-state index is 0.0320. The lowest BCUT2D eigenvalue weighted by atomic mass is 10.2. The van der Waals surface area contributed by atoms with Gasteiger partial charge < -0.3 is 15.2 Å². The number of rotatable bonds is 6. The lowest BCUT2D eigenvalue weighted by Gasteiger charge is -2.09. The monoisotopic (exact) mass is 314 g/mol. The van der Waals surface area contributed by atoms with Gasteiger partial charge in [-0.2, -0.15) is 0 Å². The first-order chi connectivity index (χ1) is 9.79. The molecule has 116 valence electrons. The summed E-state index contributed by atoms with van der Waals surface area (Å²) in [4.78, 5) is 34.6. The molecule has 0 aliphatic heterocycles. The number of hydrogen-bond acceptors (Lipinski definition) is 5. The predicted octanol–water partition coefficient (Wildman–Crippen LogP) is 1.62. The fourth-order valence-electron chi connectivity index (χ4n) is 1.39. The summed E-state index contributed by atoms with van der Waals surface area (Å²) in [6, 6.07) is 0.942. The van der Waals surface area contributed by atoms with Crippen LogP contribution in [0.5, 0.6) is 5.75 Å². The summed E-state index contributed by atoms with van der Waals surface area (Å²) in [6.07, 6.45) is 0. The highest BCUT2D eigenvalue weighted by Crippen LogP contribution is 2.28. The van der Waals surface area contributed by atoms with Gasteiger partial charge in [-0.25, -0.2) is 9.59 Å². The minimum atomic E-state index is -1.11. The van der Waals surface area contributed by atoms with Crippen molar-refractivity contribution in [2.24, 2.45) is 5.92 Å². The molecule has 0 spiro atoms. The van der Waals surface area contributed by atoms with E-state index < -0.39 is 24.5 Å². The molecule has 8 heteroatoms. The average molecular weight is 314 g/mol. The topological polar surface area (TPSA) is 105 Å². The maximum atomic E-state index is 11.5. The van der Waals surface area contributed by atoms with E-state index in [9.17, 15) is 14.4 Å². The molecule has 0 aromatic carbocycles. The third-order valence-electron chi connectivity index (χ3n) is 2.30. The molecule has 0 saturated carbocycles. The van der Waals surface area contributed by atoms with E-state index in [0.29, 0.717) is 6.54 Å². The van der Waals surface area contributed by atoms with Crippen molar-refractivity contribution in [1.82, 2.24) is 10.6 Å². The van der Waals surface area contributed by atoms with Crippen molar-refractivity contribution in [1.29, 1.82) is 0 Å². The van der Waals surface area contributed by atoms with Crippen molar-refractivity contribution in [3.8, 4) is 5.75 Å². The van der Waals surface area contributed by atoms with E-state index in [0.717, 1.165) is 16.2 Å². The molecule has 1 heterocycles. The van der Waals surface area contributed by atoms with Gasteiger partial charge in [0.25, 0.3) is 5.91 Å². The highest BCUT2D eigenvalue weighted by Gasteiger charge is 2.17. The van der Waals surface area contributed by atoms with Gasteiger partial charge in [-0.1, -0.05) is 13.8 Å². The van der Waals surface area contributed by atoms with E-state index >= 15 is 0 Å². The molecule has 0 aliphatic carbocycles. The third-order valence-corrected chi connectivity index (χ3v) is 3.32. The Morgan fingerprint density at radius 1 is 1.38 bits per heavy atom. The number of carbonyl (C=O) groups is 3. The first kappa shape index (κ1) is 17.0. The van der Waals surface area contributed by atoms with Crippen LogP contribution in [0.3, 0.4) is 0 Å². The Morgan fingerprint density at radius 2 is 2.05 bits per heavy atom. The first-order valence-electron chi connectivity index (χ1n) is 6.33. The summed E-state index contributed by atoms with van der Waals surface area (Å²) >= 11 is 1.06. The molecular weight excluding hydrogens is 296 g/mol. The molecular formula is C13H18N2O5S. The van der Waals surface area contributed by atoms with E-state index in [1.165, 1.54) is 0 Å². The number of nitrogens with one attached hydrogen (secondary N) is 2. The SMILES string of the molecule is Cc1cc(OCC(=O)NC(=O)NCC(C)C)c(C(=O)O)s1. The van der Waals surface area contributed by atoms with E-state index in [1.807, 2.05) is 13.8 Å². The van der Waals surface area contributed by atoms with Crippen LogP contribution in [0.1, 0.15) is 28.4 Å². The van der Waals surface area contributed by atoms with Crippen LogP contribution in [-0.2, 0) is 4.79 Å². The van der Waals surface area contributed by atoms with Crippen molar-refractivity contribution in [3.63, 3.8) is 0 Å². The Bertz CT molecular complexity index is 539. The van der Waals surface area contributed by atoms with Gasteiger partial charge in [0.15, 0.2) is 11.5 Å². The quantitative estimate of drug-likeness (QED) is 0.740. The van der Waals surface area contributed by atoms with Crippen LogP contribution in [0.15, 0.2) is 6.07 Å². The molecule has 0 atom stereocenters. The molecule has 0 aliphatic rings. The van der Waals surface area contributed by atoms with Crippen LogP contribution in [0.2, 0.25) is 0 Å². The summed E-state index contributed by atoms with van der Waals surface area (Å²) in [6.45, 7) is 5.62. The molecule has 7 nitrogen and oxygen atoms in total. The van der Waals surface area contributed by atoms with Crippen LogP contribution < -0.4 is 15.4 Å². The molecule has 3 amide bonds. The summed E-state index contributed by atoms with van der Waals surface area (Å²) in [5, 5.41) is 13.6. The predicted molar refractivity (Wildman–Crippen MR) is 77.9 cm³/mol. The number of carboxylic acid groups (broad SMARTS) is 1. The zero-order valence-electron chi connectivity index (χ0n) is 12.1. The smallest absolute Gasteiger partial charge is 0.349 e. The molecule has 0 radical (unpaired) electrons. The molecule has 1 aromatic rings. The van der Waals surface area contributed by atoms with E-state index in [-0.39, 0.29) is 16.5 Å². The Morgan fingerprint density at radius 3 is 2.62 bits per heavy atom. The summed E-state index contributed by atoms with van der Waals surface area (Å²) in [5.74, 6) is -1.36. The third kappa shape index (κ3) is 5.82. The Kier molecular flexibility index (Phi) is 6.16. The molecule has 0 unspecified atom stereocenters. The van der Waals surface area contributed by atoms with Crippen LogP contribution in [0.25, 0.3) is 0 Å². The number of aryl methyl sites for hydroxylation is 1. The zero-order valence-corrected chi connectivity index (χ0v) is 12.9. The van der Waals surface area contributed by atoms with Crippen molar-refractivity contribution < 1.29 is 24.2 Å². The molecule has 1 aromatic heterocycles. The zero-order chi connectivity index (χ0) is 16.0. The fourth-order valence-corrected chi connectivity index (χ4v) is 2.19. The number of imide groups is 1. The summed E-state index contributed by atoms with van der Waals surface area (Å²) in [5.41, 5.74) is 0. The van der Waals surface area contributed by atoms with Crippen molar-refractivity contribution in [3.05, 3.63) is 15.8 Å². The van der Waals surface area contributed by atoms with Gasteiger partial charge in [0.1, 0.15) is 5.75 Å². The highest BCUT2D eigenvalue weighted by atomic mass is 32.1. The highest BCUT2D eigenvalue weighted by molar-refractivity contribution is 7.14. The van der Waals surface area contributed by atoms with Gasteiger partial charge in [-0.15, -0.1) is 11.3 Å². The van der Waals surface area contributed by atoms with Crippen molar-refractivity contribution in [2.45, 2.75) is 20.8 Å². The van der Waals surface area contributed by atoms with E-state index in [2.05, 4.69) is 10.6 Å². The van der Waals surface area contributed by atoms with E-state index in [1.54, 1.807) is 13.0 Å². The van der Waals surface area contributed by atoms with Gasteiger partial charge in [0.2, 0.25) is 0 Å². The van der Waals surface area contributed by atoms with Crippen molar-refractivity contribution in [2.75, 3.05) is 13.2 Å². The number of thiophene rings is 1. The largest absolute Gasteiger partial charge is 0.482 e. The second kappa shape index (κ2) is 7.63. The summed E-state index contributed by atoms with van der Waals surface area (Å²) in [7, 11) is 0. The number of aromatic carboxylic acids is 1. The van der Waals surface area contributed by atoms with Gasteiger partial charge >= 0.3 is 12.0 Å². The normalized spacial score (nSPS) is 10.3. The number of urea groups is 1. The fraction of sp³-hybridized carbons (Fsp3) is 0.462. The molecule has 0 bridgehead atoms. The Labute approximate surface area is 126 Å². The van der Waals surface area contributed by atoms with Gasteiger partial charge in [0, 0.05) is 11.4 Å². The van der Waals surface area contributed by atoms with Gasteiger partial charge in [0.05, 0.1) is 0 Å². The molecule has 0 saturated heterocycles. The van der Waals surface area contributed by atoms with E-state index in [4.69, 9.17) is 9.84 Å². The number of carbonyl (C=O) groups excluding carboxylic acids is 2. The maximum absolute atomic E-state index is 11.5. The second-order valence-corrected chi connectivity index (χ2v) is 6.05. The standard InChI is InChI=1S/C13H18N2O5S/c1-7(2)5-14-13(19)15-10(16)6-20-9-4-8(3)21-11(9)12(17)18/h4,7H,5-6H2,1-3H3,(H,17,18)(H2,14,15,16,19). The van der Waals surface area contributed by atoms with Crippen LogP contribution in [0, 0.1) is 12.8 Å². The number of amides is 3. The average Bonchev–Trinajstić information content (AvgIpc) is 2.75. The van der Waals surface area contributed by atoms with Crippen LogP contribution in [-0.4, -0.2) is 36.2 Å². The molecule has 0 fully saturated rings. The van der Waals surface area contributed by atoms with Gasteiger partial charge in [-0.3, -0.25) is 10.1 Å². The summed E-state index contributed by atoms with van der Waals surface area (Å²) < 4.78 is 5.15. The minimum Gasteiger partial charge on any atom is -0.482 e.